The molecule has 0 fully saturated rings. The van der Waals surface area contributed by atoms with Crippen LogP contribution in [0.25, 0.3) is 0 Å². The first-order chi connectivity index (χ1) is 9.31. The predicted molar refractivity (Wildman–Crippen MR) is 78.5 cm³/mol. The molecule has 0 saturated heterocycles. The van der Waals surface area contributed by atoms with Gasteiger partial charge in [-0.3, -0.25) is 0 Å². The number of aromatic nitrogens is 1. The van der Waals surface area contributed by atoms with Crippen molar-refractivity contribution in [1.82, 2.24) is 9.88 Å². The van der Waals surface area contributed by atoms with Gasteiger partial charge in [-0.2, -0.15) is 0 Å². The predicted octanol–water partition coefficient (Wildman–Crippen LogP) is 3.04. The van der Waals surface area contributed by atoms with Gasteiger partial charge in [0.1, 0.15) is 5.75 Å². The van der Waals surface area contributed by atoms with E-state index in [1.54, 1.807) is 7.11 Å². The van der Waals surface area contributed by atoms with Crippen molar-refractivity contribution < 1.29 is 4.74 Å². The van der Waals surface area contributed by atoms with Gasteiger partial charge in [-0.1, -0.05) is 19.1 Å². The molecular weight excluding hydrogens is 236 g/mol. The fourth-order valence-corrected chi connectivity index (χ4v) is 2.08. The van der Waals surface area contributed by atoms with Crippen molar-refractivity contribution in [2.75, 3.05) is 13.7 Å². The first kappa shape index (κ1) is 13.7. The van der Waals surface area contributed by atoms with E-state index >= 15 is 0 Å². The van der Waals surface area contributed by atoms with Crippen LogP contribution in [0.3, 0.4) is 0 Å². The highest BCUT2D eigenvalue weighted by Crippen LogP contribution is 2.14. The Kier molecular flexibility index (Phi) is 5.04. The fraction of sp³-hybridized carbons (Fsp3) is 0.375. The summed E-state index contributed by atoms with van der Waals surface area (Å²) in [6.07, 6.45) is 5.50. The first-order valence-corrected chi connectivity index (χ1v) is 6.80. The smallest absolute Gasteiger partial charge is 0.119 e. The van der Waals surface area contributed by atoms with Gasteiger partial charge in [0.15, 0.2) is 0 Å². The first-order valence-electron chi connectivity index (χ1n) is 6.80. The third-order valence-electron chi connectivity index (χ3n) is 3.07. The quantitative estimate of drug-likeness (QED) is 0.773. The van der Waals surface area contributed by atoms with Crippen molar-refractivity contribution in [3.63, 3.8) is 0 Å². The Bertz CT molecular complexity index is 505. The Hall–Kier alpha value is -1.74. The molecule has 0 unspecified atom stereocenters. The summed E-state index contributed by atoms with van der Waals surface area (Å²) in [5.74, 6) is 0.912. The molecule has 0 amide bonds. The van der Waals surface area contributed by atoms with Gasteiger partial charge in [-0.25, -0.2) is 0 Å². The molecule has 0 atom stereocenters. The maximum Gasteiger partial charge on any atom is 0.119 e. The van der Waals surface area contributed by atoms with Gasteiger partial charge in [0, 0.05) is 25.5 Å². The average molecular weight is 258 g/mol. The van der Waals surface area contributed by atoms with Crippen molar-refractivity contribution in [1.29, 1.82) is 0 Å². The molecule has 19 heavy (non-hydrogen) atoms. The molecule has 0 saturated carbocycles. The van der Waals surface area contributed by atoms with Crippen LogP contribution < -0.4 is 10.1 Å². The molecule has 1 N–H and O–H groups in total. The van der Waals surface area contributed by atoms with Crippen LogP contribution in [-0.4, -0.2) is 18.2 Å². The normalized spacial score (nSPS) is 10.6. The maximum atomic E-state index is 5.24. The Morgan fingerprint density at radius 2 is 2.11 bits per heavy atom. The summed E-state index contributed by atoms with van der Waals surface area (Å²) in [6, 6.07) is 10.4. The Labute approximate surface area is 115 Å². The Morgan fingerprint density at radius 3 is 2.89 bits per heavy atom. The number of nitrogens with zero attached hydrogens (tertiary/aromatic N) is 1. The molecule has 0 bridgehead atoms. The molecule has 1 aromatic heterocycles. The van der Waals surface area contributed by atoms with Crippen LogP contribution in [0.2, 0.25) is 0 Å². The molecule has 0 aliphatic carbocycles. The molecule has 0 aliphatic heterocycles. The molecule has 0 spiro atoms. The fourth-order valence-electron chi connectivity index (χ4n) is 2.08. The molecular formula is C16H22N2O. The van der Waals surface area contributed by atoms with Crippen molar-refractivity contribution in [2.45, 2.75) is 26.4 Å². The number of hydrogen-bond acceptors (Lipinski definition) is 2. The second kappa shape index (κ2) is 7.00. The van der Waals surface area contributed by atoms with E-state index in [-0.39, 0.29) is 0 Å². The minimum absolute atomic E-state index is 0.880. The highest BCUT2D eigenvalue weighted by Gasteiger charge is 1.99. The third kappa shape index (κ3) is 4.14. The van der Waals surface area contributed by atoms with Crippen molar-refractivity contribution >= 4 is 0 Å². The van der Waals surface area contributed by atoms with E-state index in [4.69, 9.17) is 4.74 Å². The molecule has 102 valence electrons. The summed E-state index contributed by atoms with van der Waals surface area (Å²) in [6.45, 7) is 5.08. The zero-order valence-electron chi connectivity index (χ0n) is 11.7. The van der Waals surface area contributed by atoms with E-state index < -0.39 is 0 Å². The van der Waals surface area contributed by atoms with E-state index in [9.17, 15) is 0 Å². The minimum atomic E-state index is 0.880. The SMILES string of the molecule is CCCNCc1ccn(Cc2cccc(OC)c2)c1. The van der Waals surface area contributed by atoms with Gasteiger partial charge in [-0.15, -0.1) is 0 Å². The van der Waals surface area contributed by atoms with E-state index in [0.29, 0.717) is 0 Å². The molecule has 1 heterocycles. The van der Waals surface area contributed by atoms with Crippen LogP contribution in [0.5, 0.6) is 5.75 Å². The van der Waals surface area contributed by atoms with E-state index in [1.807, 2.05) is 12.1 Å². The van der Waals surface area contributed by atoms with Gasteiger partial charge < -0.3 is 14.6 Å². The van der Waals surface area contributed by atoms with Crippen LogP contribution in [0, 0.1) is 0 Å². The number of rotatable bonds is 7. The summed E-state index contributed by atoms with van der Waals surface area (Å²) in [4.78, 5) is 0. The lowest BCUT2D eigenvalue weighted by atomic mass is 10.2. The molecule has 2 rings (SSSR count). The summed E-state index contributed by atoms with van der Waals surface area (Å²) in [7, 11) is 1.70. The van der Waals surface area contributed by atoms with E-state index in [0.717, 1.165) is 25.4 Å². The lowest BCUT2D eigenvalue weighted by molar-refractivity contribution is 0.414. The number of benzene rings is 1. The average Bonchev–Trinajstić information content (AvgIpc) is 2.87. The Balaban J connectivity index is 1.95. The highest BCUT2D eigenvalue weighted by atomic mass is 16.5. The maximum absolute atomic E-state index is 5.24. The lowest BCUT2D eigenvalue weighted by Gasteiger charge is -2.06. The van der Waals surface area contributed by atoms with Crippen molar-refractivity contribution in [3.05, 3.63) is 53.9 Å². The molecule has 0 radical (unpaired) electrons. The lowest BCUT2D eigenvalue weighted by Crippen LogP contribution is -2.13. The molecule has 0 aliphatic rings. The summed E-state index contributed by atoms with van der Waals surface area (Å²) in [5.41, 5.74) is 2.58. The summed E-state index contributed by atoms with van der Waals surface area (Å²) >= 11 is 0. The summed E-state index contributed by atoms with van der Waals surface area (Å²) < 4.78 is 7.45. The van der Waals surface area contributed by atoms with E-state index in [1.165, 1.54) is 17.5 Å². The second-order valence-electron chi connectivity index (χ2n) is 4.72. The zero-order valence-corrected chi connectivity index (χ0v) is 11.7. The molecule has 1 aromatic carbocycles. The van der Waals surface area contributed by atoms with Crippen LogP contribution >= 0.6 is 0 Å². The van der Waals surface area contributed by atoms with Gasteiger partial charge >= 0.3 is 0 Å². The van der Waals surface area contributed by atoms with Gasteiger partial charge in [0.25, 0.3) is 0 Å². The van der Waals surface area contributed by atoms with Gasteiger partial charge in [0.2, 0.25) is 0 Å². The summed E-state index contributed by atoms with van der Waals surface area (Å²) in [5, 5.41) is 3.41. The number of ether oxygens (including phenoxy) is 1. The molecule has 3 heteroatoms. The van der Waals surface area contributed by atoms with Gasteiger partial charge in [-0.05, 0) is 42.3 Å². The molecule has 2 aromatic rings. The van der Waals surface area contributed by atoms with Crippen LogP contribution in [0.4, 0.5) is 0 Å². The monoisotopic (exact) mass is 258 g/mol. The third-order valence-corrected chi connectivity index (χ3v) is 3.07. The number of methoxy groups -OCH3 is 1. The van der Waals surface area contributed by atoms with Crippen LogP contribution in [0.15, 0.2) is 42.7 Å². The van der Waals surface area contributed by atoms with Crippen LogP contribution in [-0.2, 0) is 13.1 Å². The van der Waals surface area contributed by atoms with E-state index in [2.05, 4.69) is 47.4 Å². The largest absolute Gasteiger partial charge is 0.497 e. The van der Waals surface area contributed by atoms with Crippen molar-refractivity contribution in [2.24, 2.45) is 0 Å². The second-order valence-corrected chi connectivity index (χ2v) is 4.72. The molecule has 3 nitrogen and oxygen atoms in total. The topological polar surface area (TPSA) is 26.2 Å². The van der Waals surface area contributed by atoms with Gasteiger partial charge in [0.05, 0.1) is 7.11 Å². The van der Waals surface area contributed by atoms with Crippen LogP contribution in [0.1, 0.15) is 24.5 Å². The highest BCUT2D eigenvalue weighted by molar-refractivity contribution is 5.28. The standard InChI is InChI=1S/C16H22N2O/c1-3-8-17-11-15-7-9-18(13-15)12-14-5-4-6-16(10-14)19-2/h4-7,9-10,13,17H,3,8,11-12H2,1-2H3. The zero-order chi connectivity index (χ0) is 13.5. The minimum Gasteiger partial charge on any atom is -0.497 e. The number of nitrogens with one attached hydrogen (secondary N) is 1. The Morgan fingerprint density at radius 1 is 1.21 bits per heavy atom. The van der Waals surface area contributed by atoms with Crippen molar-refractivity contribution in [3.8, 4) is 5.75 Å². The number of hydrogen-bond donors (Lipinski definition) is 1.